The van der Waals surface area contributed by atoms with Gasteiger partial charge in [-0.3, -0.25) is 19.9 Å². The summed E-state index contributed by atoms with van der Waals surface area (Å²) >= 11 is 0. The summed E-state index contributed by atoms with van der Waals surface area (Å²) in [5.41, 5.74) is 1.71. The van der Waals surface area contributed by atoms with Crippen LogP contribution in [0.3, 0.4) is 0 Å². The largest absolute Gasteiger partial charge is 0.500 e. The number of nitro groups is 1. The number of hydrazone groups is 1. The van der Waals surface area contributed by atoms with Gasteiger partial charge in [0, 0.05) is 11.6 Å². The molecular formula is C11H10N6O5. The van der Waals surface area contributed by atoms with Crippen molar-refractivity contribution in [1.82, 2.24) is 15.2 Å². The smallest absolute Gasteiger partial charge is 0.315 e. The van der Waals surface area contributed by atoms with Gasteiger partial charge in [-0.2, -0.15) is 5.10 Å². The molecule has 0 amide bonds. The number of hydrogen-bond acceptors (Lipinski definition) is 9. The molecule has 0 aliphatic carbocycles. The summed E-state index contributed by atoms with van der Waals surface area (Å²) in [6.07, 6.45) is 2.21. The topological polar surface area (TPSA) is 156 Å². The molecule has 0 fully saturated rings. The molecule has 0 atom stereocenters. The van der Waals surface area contributed by atoms with E-state index in [0.29, 0.717) is 5.56 Å². The number of nitrogens with zero attached hydrogens (tertiary/aromatic N) is 4. The van der Waals surface area contributed by atoms with Gasteiger partial charge in [-0.25, -0.2) is 5.43 Å². The lowest BCUT2D eigenvalue weighted by Crippen LogP contribution is -2.10. The van der Waals surface area contributed by atoms with Crippen molar-refractivity contribution in [3.63, 3.8) is 0 Å². The Morgan fingerprint density at radius 1 is 1.55 bits per heavy atom. The van der Waals surface area contributed by atoms with Crippen LogP contribution in [0, 0.1) is 10.1 Å². The van der Waals surface area contributed by atoms with Crippen LogP contribution in [0.1, 0.15) is 5.56 Å². The van der Waals surface area contributed by atoms with Crippen LogP contribution in [0.15, 0.2) is 28.2 Å². The Morgan fingerprint density at radius 3 is 2.95 bits per heavy atom. The van der Waals surface area contributed by atoms with Gasteiger partial charge in [0.05, 0.1) is 18.2 Å². The molecule has 1 heterocycles. The maximum absolute atomic E-state index is 11.0. The Bertz CT molecular complexity index is 787. The van der Waals surface area contributed by atoms with Gasteiger partial charge in [0.25, 0.3) is 5.56 Å². The SMILES string of the molecule is COc1cc(/C=N/Nc2nncc(=O)[nH]2)cc([N+](=O)[O-])c1O. The molecule has 0 saturated carbocycles. The van der Waals surface area contributed by atoms with Gasteiger partial charge in [-0.15, -0.1) is 10.2 Å². The summed E-state index contributed by atoms with van der Waals surface area (Å²) in [6, 6.07) is 2.47. The van der Waals surface area contributed by atoms with Crippen LogP contribution < -0.4 is 15.7 Å². The third-order valence-electron chi connectivity index (χ3n) is 2.45. The number of methoxy groups -OCH3 is 1. The molecule has 2 aromatic rings. The number of nitro benzene ring substituents is 1. The maximum atomic E-state index is 11.0. The van der Waals surface area contributed by atoms with Crippen LogP contribution >= 0.6 is 0 Å². The summed E-state index contributed by atoms with van der Waals surface area (Å²) in [5.74, 6) is -0.636. The second-order valence-corrected chi connectivity index (χ2v) is 3.90. The van der Waals surface area contributed by atoms with E-state index in [2.05, 4.69) is 25.7 Å². The molecular weight excluding hydrogens is 296 g/mol. The van der Waals surface area contributed by atoms with Crippen molar-refractivity contribution in [1.29, 1.82) is 0 Å². The first-order valence-electron chi connectivity index (χ1n) is 5.77. The predicted molar refractivity (Wildman–Crippen MR) is 75.2 cm³/mol. The van der Waals surface area contributed by atoms with E-state index in [-0.39, 0.29) is 11.7 Å². The Hall–Kier alpha value is -3.50. The maximum Gasteiger partial charge on any atom is 0.315 e. The van der Waals surface area contributed by atoms with Crippen molar-refractivity contribution in [2.75, 3.05) is 12.5 Å². The van der Waals surface area contributed by atoms with Crippen LogP contribution in [0.4, 0.5) is 11.6 Å². The minimum Gasteiger partial charge on any atom is -0.500 e. The van der Waals surface area contributed by atoms with Gasteiger partial charge in [0.15, 0.2) is 5.75 Å². The highest BCUT2D eigenvalue weighted by Crippen LogP contribution is 2.36. The number of nitrogens with one attached hydrogen (secondary N) is 2. The number of hydrogen-bond donors (Lipinski definition) is 3. The zero-order chi connectivity index (χ0) is 16.1. The fourth-order valence-corrected chi connectivity index (χ4v) is 1.51. The quantitative estimate of drug-likeness (QED) is 0.402. The molecule has 0 aliphatic rings. The van der Waals surface area contributed by atoms with Gasteiger partial charge in [-0.1, -0.05) is 0 Å². The summed E-state index contributed by atoms with van der Waals surface area (Å²) < 4.78 is 4.85. The van der Waals surface area contributed by atoms with Gasteiger partial charge in [0.1, 0.15) is 6.20 Å². The molecule has 114 valence electrons. The third-order valence-corrected chi connectivity index (χ3v) is 2.45. The molecule has 0 bridgehead atoms. The van der Waals surface area contributed by atoms with Crippen molar-refractivity contribution in [2.24, 2.45) is 5.10 Å². The number of phenolic OH excluding ortho intramolecular Hbond substituents is 1. The Balaban J connectivity index is 2.25. The Morgan fingerprint density at radius 2 is 2.32 bits per heavy atom. The number of benzene rings is 1. The minimum atomic E-state index is -0.747. The number of anilines is 1. The second-order valence-electron chi connectivity index (χ2n) is 3.90. The second kappa shape index (κ2) is 6.30. The third kappa shape index (κ3) is 3.33. The first-order chi connectivity index (χ1) is 10.5. The highest BCUT2D eigenvalue weighted by atomic mass is 16.6. The zero-order valence-electron chi connectivity index (χ0n) is 11.2. The highest BCUT2D eigenvalue weighted by Gasteiger charge is 2.19. The van der Waals surface area contributed by atoms with Crippen LogP contribution in [-0.2, 0) is 0 Å². The standard InChI is InChI=1S/C11H10N6O5/c1-22-8-3-6(2-7(10(8)19)17(20)21)4-12-15-11-14-9(18)5-13-16-11/h2-5,19H,1H3,(H2,14,15,16,18)/b12-4+. The van der Waals surface area contributed by atoms with Crippen LogP contribution in [0.2, 0.25) is 0 Å². The summed E-state index contributed by atoms with van der Waals surface area (Å²) in [5, 5.41) is 31.2. The van der Waals surface area contributed by atoms with Gasteiger partial charge < -0.3 is 9.84 Å². The van der Waals surface area contributed by atoms with Gasteiger partial charge in [-0.05, 0) is 6.07 Å². The van der Waals surface area contributed by atoms with Crippen LogP contribution in [-0.4, -0.2) is 38.5 Å². The van der Waals surface area contributed by atoms with Crippen LogP contribution in [0.5, 0.6) is 11.5 Å². The van der Waals surface area contributed by atoms with Crippen molar-refractivity contribution >= 4 is 17.9 Å². The molecule has 0 radical (unpaired) electrons. The molecule has 2 rings (SSSR count). The number of aromatic hydroxyl groups is 1. The van der Waals surface area contributed by atoms with Crippen molar-refractivity contribution in [2.45, 2.75) is 0 Å². The highest BCUT2D eigenvalue weighted by molar-refractivity contribution is 5.83. The summed E-state index contributed by atoms with van der Waals surface area (Å²) in [7, 11) is 1.27. The first-order valence-corrected chi connectivity index (χ1v) is 5.77. The molecule has 22 heavy (non-hydrogen) atoms. The monoisotopic (exact) mass is 306 g/mol. The Labute approximate surface area is 122 Å². The number of H-pyrrole nitrogens is 1. The molecule has 0 spiro atoms. The molecule has 0 saturated heterocycles. The molecule has 11 nitrogen and oxygen atoms in total. The van der Waals surface area contributed by atoms with Crippen LogP contribution in [0.25, 0.3) is 0 Å². The normalized spacial score (nSPS) is 10.6. The fourth-order valence-electron chi connectivity index (χ4n) is 1.51. The molecule has 3 N–H and O–H groups in total. The van der Waals surface area contributed by atoms with Crippen molar-refractivity contribution in [3.8, 4) is 11.5 Å². The average Bonchev–Trinajstić information content (AvgIpc) is 2.48. The number of phenols is 1. The number of ether oxygens (including phenoxy) is 1. The van der Waals surface area contributed by atoms with Gasteiger partial charge in [0.2, 0.25) is 11.7 Å². The van der Waals surface area contributed by atoms with Gasteiger partial charge >= 0.3 is 5.69 Å². The van der Waals surface area contributed by atoms with E-state index in [9.17, 15) is 20.0 Å². The number of aromatic nitrogens is 3. The minimum absolute atomic E-state index is 0.00370. The Kier molecular flexibility index (Phi) is 4.27. The fraction of sp³-hybridized carbons (Fsp3) is 0.0909. The van der Waals surface area contributed by atoms with Crippen molar-refractivity contribution in [3.05, 3.63) is 44.4 Å². The molecule has 11 heteroatoms. The summed E-state index contributed by atoms with van der Waals surface area (Å²) in [4.78, 5) is 23.4. The number of rotatable bonds is 5. The van der Waals surface area contributed by atoms with E-state index in [1.807, 2.05) is 0 Å². The molecule has 1 aromatic heterocycles. The molecule has 1 aromatic carbocycles. The molecule has 0 unspecified atom stereocenters. The van der Waals surface area contributed by atoms with E-state index in [1.165, 1.54) is 19.4 Å². The lowest BCUT2D eigenvalue weighted by atomic mass is 10.2. The van der Waals surface area contributed by atoms with E-state index in [0.717, 1.165) is 12.3 Å². The zero-order valence-corrected chi connectivity index (χ0v) is 11.2. The first kappa shape index (κ1) is 14.9. The molecule has 0 aliphatic heterocycles. The predicted octanol–water partition coefficient (Wildman–Crippen LogP) is 0.233. The van der Waals surface area contributed by atoms with E-state index in [4.69, 9.17) is 4.74 Å². The van der Waals surface area contributed by atoms with E-state index < -0.39 is 21.9 Å². The van der Waals surface area contributed by atoms with E-state index in [1.54, 1.807) is 0 Å². The van der Waals surface area contributed by atoms with E-state index >= 15 is 0 Å². The lowest BCUT2D eigenvalue weighted by molar-refractivity contribution is -0.386. The summed E-state index contributed by atoms with van der Waals surface area (Å²) in [6.45, 7) is 0. The van der Waals surface area contributed by atoms with Crippen molar-refractivity contribution < 1.29 is 14.8 Å². The number of aromatic amines is 1. The average molecular weight is 306 g/mol. The lowest BCUT2D eigenvalue weighted by Gasteiger charge is -2.05.